The van der Waals surface area contributed by atoms with Crippen molar-refractivity contribution in [2.24, 2.45) is 5.41 Å². The summed E-state index contributed by atoms with van der Waals surface area (Å²) in [7, 11) is -2.53. The monoisotopic (exact) mass is 554 g/mol. The minimum Gasteiger partial charge on any atom is -0.489 e. The van der Waals surface area contributed by atoms with Gasteiger partial charge in [0, 0.05) is 35.1 Å². The number of rotatable bonds is 8. The number of amides is 1. The van der Waals surface area contributed by atoms with E-state index in [0.717, 1.165) is 22.2 Å². The maximum atomic E-state index is 13.4. The number of nitrogens with zero attached hydrogens (tertiary/aromatic N) is 2. The van der Waals surface area contributed by atoms with Gasteiger partial charge in [-0.15, -0.1) is 0 Å². The molecular weight excluding hydrogens is 520 g/mol. The number of fused-ring (bicyclic) bond motifs is 1. The molecule has 1 aliphatic rings. The van der Waals surface area contributed by atoms with Gasteiger partial charge in [0.25, 0.3) is 0 Å². The Hall–Kier alpha value is -3.66. The van der Waals surface area contributed by atoms with Crippen molar-refractivity contribution in [1.82, 2.24) is 9.88 Å². The van der Waals surface area contributed by atoms with Crippen molar-refractivity contribution < 1.29 is 32.2 Å². The molecular formula is C29H34N2O7S. The van der Waals surface area contributed by atoms with Crippen LogP contribution in [-0.4, -0.2) is 61.9 Å². The second kappa shape index (κ2) is 10.8. The number of ether oxygens (including phenoxy) is 3. The van der Waals surface area contributed by atoms with Crippen LogP contribution in [-0.2, 0) is 30.7 Å². The fourth-order valence-electron chi connectivity index (χ4n) is 4.76. The van der Waals surface area contributed by atoms with Gasteiger partial charge in [0.2, 0.25) is 0 Å². The molecule has 0 aliphatic carbocycles. The third-order valence-electron chi connectivity index (χ3n) is 6.45. The molecule has 4 rings (SSSR count). The lowest BCUT2D eigenvalue weighted by molar-refractivity contribution is -0.146. The van der Waals surface area contributed by atoms with E-state index in [1.807, 2.05) is 37.3 Å². The number of methoxy groups -OCH3 is 1. The number of carbonyl (C=O) groups excluding carboxylic acids is 2. The van der Waals surface area contributed by atoms with Gasteiger partial charge < -0.3 is 19.1 Å². The Balaban J connectivity index is 1.45. The quantitative estimate of drug-likeness (QED) is 0.369. The maximum absolute atomic E-state index is 13.4. The SMILES string of the molecule is COC(=O)CC1(CS(=O)(=O)c2ccc(OCc3cc(C)nc4ccccc34)cc2)CN(C(=O)OC(C)(C)C)C1. The maximum Gasteiger partial charge on any atom is 0.410 e. The van der Waals surface area contributed by atoms with Gasteiger partial charge in [-0.3, -0.25) is 9.78 Å². The molecule has 2 aromatic carbocycles. The Kier molecular flexibility index (Phi) is 7.88. The van der Waals surface area contributed by atoms with Crippen LogP contribution in [0.5, 0.6) is 5.75 Å². The minimum atomic E-state index is -3.79. The molecule has 39 heavy (non-hydrogen) atoms. The van der Waals surface area contributed by atoms with E-state index in [4.69, 9.17) is 14.2 Å². The van der Waals surface area contributed by atoms with Crippen molar-refractivity contribution in [3.63, 3.8) is 0 Å². The number of likely N-dealkylation sites (tertiary alicyclic amines) is 1. The van der Waals surface area contributed by atoms with E-state index < -0.39 is 32.9 Å². The summed E-state index contributed by atoms with van der Waals surface area (Å²) in [6.45, 7) is 7.66. The first-order chi connectivity index (χ1) is 18.3. The molecule has 0 N–H and O–H groups in total. The Bertz CT molecular complexity index is 1470. The van der Waals surface area contributed by atoms with Crippen LogP contribution < -0.4 is 4.74 Å². The van der Waals surface area contributed by atoms with Gasteiger partial charge in [0.05, 0.1) is 29.7 Å². The fourth-order valence-corrected chi connectivity index (χ4v) is 6.56. The van der Waals surface area contributed by atoms with Gasteiger partial charge in [-0.05, 0) is 64.1 Å². The van der Waals surface area contributed by atoms with Gasteiger partial charge in [-0.1, -0.05) is 18.2 Å². The molecule has 1 amide bonds. The summed E-state index contributed by atoms with van der Waals surface area (Å²) in [6, 6.07) is 16.0. The highest BCUT2D eigenvalue weighted by molar-refractivity contribution is 7.91. The second-order valence-corrected chi connectivity index (χ2v) is 13.0. The van der Waals surface area contributed by atoms with Crippen LogP contribution in [0.2, 0.25) is 0 Å². The van der Waals surface area contributed by atoms with Crippen molar-refractivity contribution in [2.45, 2.75) is 51.2 Å². The minimum absolute atomic E-state index is 0.0801. The smallest absolute Gasteiger partial charge is 0.410 e. The molecule has 0 radical (unpaired) electrons. The fraction of sp³-hybridized carbons (Fsp3) is 0.414. The van der Waals surface area contributed by atoms with Crippen LogP contribution in [0, 0.1) is 12.3 Å². The first kappa shape index (κ1) is 28.4. The zero-order valence-electron chi connectivity index (χ0n) is 22.9. The number of para-hydroxylation sites is 1. The number of esters is 1. The number of pyridine rings is 1. The number of sulfone groups is 1. The zero-order valence-corrected chi connectivity index (χ0v) is 23.7. The molecule has 3 aromatic rings. The van der Waals surface area contributed by atoms with Gasteiger partial charge in [0.1, 0.15) is 18.0 Å². The first-order valence-electron chi connectivity index (χ1n) is 12.6. The van der Waals surface area contributed by atoms with Crippen LogP contribution in [0.25, 0.3) is 10.9 Å². The van der Waals surface area contributed by atoms with Gasteiger partial charge in [0.15, 0.2) is 9.84 Å². The number of hydrogen-bond acceptors (Lipinski definition) is 8. The predicted octanol–water partition coefficient (Wildman–Crippen LogP) is 4.70. The molecule has 0 bridgehead atoms. The highest BCUT2D eigenvalue weighted by atomic mass is 32.2. The standard InChI is InChI=1S/C29H34N2O7S/c1-20-14-21(24-8-6-7-9-25(24)30-20)16-37-22-10-12-23(13-11-22)39(34,35)19-29(15-26(32)36-5)17-31(18-29)27(33)38-28(2,3)4/h6-14H,15-19H2,1-5H3. The highest BCUT2D eigenvalue weighted by Crippen LogP contribution is 2.38. The average Bonchev–Trinajstić information content (AvgIpc) is 2.84. The average molecular weight is 555 g/mol. The van der Waals surface area contributed by atoms with E-state index in [0.29, 0.717) is 12.4 Å². The third-order valence-corrected chi connectivity index (χ3v) is 8.44. The molecule has 0 saturated carbocycles. The van der Waals surface area contributed by atoms with E-state index >= 15 is 0 Å². The summed E-state index contributed by atoms with van der Waals surface area (Å²) < 4.78 is 42.9. The van der Waals surface area contributed by atoms with Crippen molar-refractivity contribution in [3.05, 3.63) is 65.9 Å². The number of aromatic nitrogens is 1. The van der Waals surface area contributed by atoms with Crippen LogP contribution in [0.1, 0.15) is 38.4 Å². The molecule has 1 aliphatic heterocycles. The summed E-state index contributed by atoms with van der Waals surface area (Å²) in [5.74, 6) is -0.315. The molecule has 0 unspecified atom stereocenters. The predicted molar refractivity (Wildman–Crippen MR) is 146 cm³/mol. The van der Waals surface area contributed by atoms with Crippen molar-refractivity contribution >= 4 is 32.8 Å². The lowest BCUT2D eigenvalue weighted by Gasteiger charge is -2.49. The summed E-state index contributed by atoms with van der Waals surface area (Å²) in [5.41, 5.74) is 1.12. The molecule has 1 aromatic heterocycles. The molecule has 9 nitrogen and oxygen atoms in total. The van der Waals surface area contributed by atoms with E-state index in [1.54, 1.807) is 32.9 Å². The van der Waals surface area contributed by atoms with E-state index in [1.165, 1.54) is 24.1 Å². The Morgan fingerprint density at radius 3 is 2.36 bits per heavy atom. The molecule has 0 spiro atoms. The van der Waals surface area contributed by atoms with Crippen molar-refractivity contribution in [3.8, 4) is 5.75 Å². The Morgan fingerprint density at radius 1 is 1.05 bits per heavy atom. The lowest BCUT2D eigenvalue weighted by Crippen LogP contribution is -2.62. The number of aryl methyl sites for hydroxylation is 1. The summed E-state index contributed by atoms with van der Waals surface area (Å²) in [5, 5.41) is 0.999. The lowest BCUT2D eigenvalue weighted by atomic mass is 9.79. The molecule has 208 valence electrons. The third kappa shape index (κ3) is 6.86. The summed E-state index contributed by atoms with van der Waals surface area (Å²) in [6.07, 6.45) is -0.665. The summed E-state index contributed by atoms with van der Waals surface area (Å²) in [4.78, 5) is 30.6. The summed E-state index contributed by atoms with van der Waals surface area (Å²) >= 11 is 0. The molecule has 0 atom stereocenters. The van der Waals surface area contributed by atoms with Crippen molar-refractivity contribution in [1.29, 1.82) is 0 Å². The van der Waals surface area contributed by atoms with E-state index in [-0.39, 0.29) is 30.2 Å². The number of hydrogen-bond donors (Lipinski definition) is 0. The Labute approximate surface area is 229 Å². The Morgan fingerprint density at radius 2 is 1.72 bits per heavy atom. The zero-order chi connectivity index (χ0) is 28.4. The van der Waals surface area contributed by atoms with Crippen LogP contribution in [0.3, 0.4) is 0 Å². The normalized spacial score (nSPS) is 14.9. The van der Waals surface area contributed by atoms with Gasteiger partial charge in [-0.2, -0.15) is 0 Å². The molecule has 1 fully saturated rings. The first-order valence-corrected chi connectivity index (χ1v) is 14.3. The highest BCUT2D eigenvalue weighted by Gasteiger charge is 2.50. The van der Waals surface area contributed by atoms with Gasteiger partial charge >= 0.3 is 12.1 Å². The topological polar surface area (TPSA) is 112 Å². The largest absolute Gasteiger partial charge is 0.489 e. The second-order valence-electron chi connectivity index (χ2n) is 11.0. The van der Waals surface area contributed by atoms with Gasteiger partial charge in [-0.25, -0.2) is 13.2 Å². The number of carbonyl (C=O) groups is 2. The number of benzene rings is 2. The van der Waals surface area contributed by atoms with Crippen molar-refractivity contribution in [2.75, 3.05) is 26.0 Å². The van der Waals surface area contributed by atoms with E-state index in [9.17, 15) is 18.0 Å². The van der Waals surface area contributed by atoms with Crippen LogP contribution in [0.15, 0.2) is 59.5 Å². The molecule has 1 saturated heterocycles. The van der Waals surface area contributed by atoms with E-state index in [2.05, 4.69) is 4.98 Å². The molecule has 2 heterocycles. The molecule has 10 heteroatoms. The van der Waals surface area contributed by atoms with Crippen LogP contribution in [0.4, 0.5) is 4.79 Å². The van der Waals surface area contributed by atoms with Crippen LogP contribution >= 0.6 is 0 Å².